The summed E-state index contributed by atoms with van der Waals surface area (Å²) in [5, 5.41) is 11.7. The van der Waals surface area contributed by atoms with Gasteiger partial charge >= 0.3 is 0 Å². The molecular formula is C25H33N5O5. The van der Waals surface area contributed by atoms with Crippen molar-refractivity contribution in [2.45, 2.75) is 51.9 Å². The second-order valence-electron chi connectivity index (χ2n) is 11.1. The molecule has 1 aromatic rings. The number of hydrogen-bond donors (Lipinski definition) is 2. The minimum absolute atomic E-state index is 0.0172. The van der Waals surface area contributed by atoms with Crippen LogP contribution in [0, 0.1) is 33.3 Å². The summed E-state index contributed by atoms with van der Waals surface area (Å²) in [6, 6.07) is 4.33. The van der Waals surface area contributed by atoms with Gasteiger partial charge in [0.25, 0.3) is 11.6 Å². The Bertz CT molecular complexity index is 1010. The Labute approximate surface area is 204 Å². The number of hydrogen-bond acceptors (Lipinski definition) is 6. The number of carbonyl (C=O) groups is 3. The number of rotatable bonds is 5. The summed E-state index contributed by atoms with van der Waals surface area (Å²) < 4.78 is 0. The van der Waals surface area contributed by atoms with Crippen LogP contribution in [0.5, 0.6) is 0 Å². The van der Waals surface area contributed by atoms with E-state index in [2.05, 4.69) is 10.9 Å². The molecule has 1 aromatic carbocycles. The van der Waals surface area contributed by atoms with Gasteiger partial charge in [-0.1, -0.05) is 0 Å². The molecule has 4 bridgehead atoms. The predicted molar refractivity (Wildman–Crippen MR) is 128 cm³/mol. The molecule has 35 heavy (non-hydrogen) atoms. The fraction of sp³-hybridized carbons (Fsp3) is 0.640. The largest absolute Gasteiger partial charge is 0.362 e. The zero-order valence-corrected chi connectivity index (χ0v) is 20.1. The summed E-state index contributed by atoms with van der Waals surface area (Å²) in [5.41, 5.74) is 5.41. The second-order valence-corrected chi connectivity index (χ2v) is 11.1. The minimum atomic E-state index is -0.583. The zero-order chi connectivity index (χ0) is 24.7. The highest BCUT2D eigenvalue weighted by molar-refractivity contribution is 5.96. The van der Waals surface area contributed by atoms with Gasteiger partial charge in [-0.3, -0.25) is 35.3 Å². The molecule has 4 aliphatic carbocycles. The van der Waals surface area contributed by atoms with Crippen molar-refractivity contribution in [2.75, 3.05) is 31.1 Å². The molecule has 2 N–H and O–H groups in total. The van der Waals surface area contributed by atoms with Gasteiger partial charge in [0.15, 0.2) is 0 Å². The average molecular weight is 484 g/mol. The van der Waals surface area contributed by atoms with Crippen molar-refractivity contribution in [3.05, 3.63) is 33.9 Å². The van der Waals surface area contributed by atoms with Crippen LogP contribution in [0.2, 0.25) is 0 Å². The maximum absolute atomic E-state index is 12.7. The fourth-order valence-electron chi connectivity index (χ4n) is 7.43. The van der Waals surface area contributed by atoms with Gasteiger partial charge in [0.05, 0.1) is 4.92 Å². The molecule has 0 atom stereocenters. The molecule has 6 rings (SSSR count). The maximum Gasteiger partial charge on any atom is 0.293 e. The van der Waals surface area contributed by atoms with Crippen LogP contribution in [-0.2, 0) is 9.59 Å². The number of nitrogens with zero attached hydrogens (tertiary/aromatic N) is 3. The Balaban J connectivity index is 1.19. The Morgan fingerprint density at radius 1 is 1.00 bits per heavy atom. The Morgan fingerprint density at radius 3 is 2.14 bits per heavy atom. The van der Waals surface area contributed by atoms with E-state index in [1.54, 1.807) is 11.0 Å². The molecule has 10 nitrogen and oxygen atoms in total. The van der Waals surface area contributed by atoms with Gasteiger partial charge in [0, 0.05) is 51.2 Å². The third kappa shape index (κ3) is 4.83. The molecule has 1 heterocycles. The molecule has 0 aromatic heterocycles. The summed E-state index contributed by atoms with van der Waals surface area (Å²) in [6.45, 7) is 3.45. The van der Waals surface area contributed by atoms with E-state index in [-0.39, 0.29) is 28.5 Å². The topological polar surface area (TPSA) is 125 Å². The van der Waals surface area contributed by atoms with Gasteiger partial charge in [-0.05, 0) is 73.8 Å². The summed E-state index contributed by atoms with van der Waals surface area (Å²) in [6.07, 6.45) is 7.65. The van der Waals surface area contributed by atoms with E-state index in [1.165, 1.54) is 38.3 Å². The van der Waals surface area contributed by atoms with Crippen molar-refractivity contribution >= 4 is 29.1 Å². The molecular weight excluding hydrogens is 450 g/mol. The number of nitro benzene ring substituents is 1. The lowest BCUT2D eigenvalue weighted by Crippen LogP contribution is -2.50. The molecule has 3 amide bonds. The van der Waals surface area contributed by atoms with Gasteiger partial charge in [-0.2, -0.15) is 0 Å². The molecule has 1 aliphatic heterocycles. The van der Waals surface area contributed by atoms with Crippen LogP contribution in [0.4, 0.5) is 11.4 Å². The van der Waals surface area contributed by atoms with E-state index in [9.17, 15) is 24.5 Å². The number of amides is 3. The lowest BCUT2D eigenvalue weighted by Gasteiger charge is -2.56. The van der Waals surface area contributed by atoms with E-state index < -0.39 is 10.8 Å². The minimum Gasteiger partial charge on any atom is -0.362 e. The Morgan fingerprint density at radius 2 is 1.60 bits per heavy atom. The SMILES string of the molecule is CC(=O)N1CCN(c2ccc(C(=O)NNC(=O)CC34CC5CC(CC(C5)C3)C4)cc2[N+](=O)[O-])CC1. The molecule has 10 heteroatoms. The zero-order valence-electron chi connectivity index (χ0n) is 20.1. The number of nitro groups is 1. The van der Waals surface area contributed by atoms with Crippen molar-refractivity contribution < 1.29 is 19.3 Å². The molecule has 0 unspecified atom stereocenters. The standard InChI is InChI=1S/C25H33N5O5/c1-16(31)28-4-6-29(7-5-28)21-3-2-20(11-22(21)30(34)35)24(33)27-26-23(32)15-25-12-17-8-18(13-25)10-19(9-17)14-25/h2-3,11,17-19H,4-10,12-15H2,1H3,(H,26,32)(H,27,33). The molecule has 5 aliphatic rings. The summed E-state index contributed by atoms with van der Waals surface area (Å²) in [7, 11) is 0. The van der Waals surface area contributed by atoms with E-state index in [0.29, 0.717) is 38.3 Å². The van der Waals surface area contributed by atoms with Crippen molar-refractivity contribution in [3.8, 4) is 0 Å². The normalized spacial score (nSPS) is 29.1. The number of anilines is 1. The monoisotopic (exact) mass is 483 g/mol. The number of hydrazine groups is 1. The van der Waals surface area contributed by atoms with E-state index in [4.69, 9.17) is 0 Å². The number of nitrogens with one attached hydrogen (secondary N) is 2. The maximum atomic E-state index is 12.7. The van der Waals surface area contributed by atoms with Gasteiger partial charge in [0.1, 0.15) is 5.69 Å². The Hall–Kier alpha value is -3.17. The van der Waals surface area contributed by atoms with Gasteiger partial charge in [-0.15, -0.1) is 0 Å². The third-order valence-corrected chi connectivity index (χ3v) is 8.52. The summed E-state index contributed by atoms with van der Waals surface area (Å²) in [4.78, 5) is 51.7. The third-order valence-electron chi connectivity index (χ3n) is 8.52. The summed E-state index contributed by atoms with van der Waals surface area (Å²) in [5.74, 6) is 1.43. The number of piperazine rings is 1. The molecule has 1 saturated heterocycles. The van der Waals surface area contributed by atoms with Gasteiger partial charge in [-0.25, -0.2) is 0 Å². The van der Waals surface area contributed by atoms with Gasteiger partial charge < -0.3 is 9.80 Å². The van der Waals surface area contributed by atoms with Crippen LogP contribution < -0.4 is 15.8 Å². The first-order chi connectivity index (χ1) is 16.7. The van der Waals surface area contributed by atoms with Crippen molar-refractivity contribution in [1.29, 1.82) is 0 Å². The highest BCUT2D eigenvalue weighted by Gasteiger charge is 2.51. The van der Waals surface area contributed by atoms with E-state index in [0.717, 1.165) is 37.0 Å². The van der Waals surface area contributed by atoms with E-state index >= 15 is 0 Å². The van der Waals surface area contributed by atoms with Crippen LogP contribution in [0.15, 0.2) is 18.2 Å². The van der Waals surface area contributed by atoms with Crippen LogP contribution in [0.25, 0.3) is 0 Å². The van der Waals surface area contributed by atoms with Gasteiger partial charge in [0.2, 0.25) is 11.8 Å². The molecule has 0 radical (unpaired) electrons. The van der Waals surface area contributed by atoms with E-state index in [1.807, 2.05) is 4.90 Å². The average Bonchev–Trinajstić information content (AvgIpc) is 2.81. The first-order valence-electron chi connectivity index (χ1n) is 12.6. The highest BCUT2D eigenvalue weighted by Crippen LogP contribution is 2.61. The van der Waals surface area contributed by atoms with Crippen LogP contribution in [-0.4, -0.2) is 53.7 Å². The molecule has 4 saturated carbocycles. The first-order valence-corrected chi connectivity index (χ1v) is 12.6. The van der Waals surface area contributed by atoms with Crippen LogP contribution in [0.1, 0.15) is 62.2 Å². The fourth-order valence-corrected chi connectivity index (χ4v) is 7.43. The quantitative estimate of drug-likeness (QED) is 0.490. The lowest BCUT2D eigenvalue weighted by molar-refractivity contribution is -0.384. The number of benzene rings is 1. The molecule has 0 spiro atoms. The van der Waals surface area contributed by atoms with Crippen molar-refractivity contribution in [2.24, 2.45) is 23.2 Å². The highest BCUT2D eigenvalue weighted by atomic mass is 16.6. The Kier molecular flexibility index (Phi) is 6.14. The summed E-state index contributed by atoms with van der Waals surface area (Å²) >= 11 is 0. The second kappa shape index (κ2) is 9.13. The predicted octanol–water partition coefficient (Wildman–Crippen LogP) is 2.63. The van der Waals surface area contributed by atoms with Crippen LogP contribution >= 0.6 is 0 Å². The van der Waals surface area contributed by atoms with Crippen molar-refractivity contribution in [3.63, 3.8) is 0 Å². The smallest absolute Gasteiger partial charge is 0.293 e. The lowest BCUT2D eigenvalue weighted by atomic mass is 9.49. The van der Waals surface area contributed by atoms with Crippen molar-refractivity contribution in [1.82, 2.24) is 15.8 Å². The first kappa shape index (κ1) is 23.6. The molecule has 5 fully saturated rings. The van der Waals surface area contributed by atoms with Crippen LogP contribution in [0.3, 0.4) is 0 Å². The number of carbonyl (C=O) groups excluding carboxylic acids is 3. The molecule has 188 valence electrons.